The zero-order valence-corrected chi connectivity index (χ0v) is 16.4. The number of carbonyl (C=O) groups is 1. The number of fused-ring (bicyclic) bond motifs is 3. The van der Waals surface area contributed by atoms with Crippen molar-refractivity contribution in [3.63, 3.8) is 0 Å². The van der Waals surface area contributed by atoms with E-state index >= 15 is 0 Å². The maximum Gasteiger partial charge on any atom is 0.269 e. The van der Waals surface area contributed by atoms with Crippen molar-refractivity contribution in [1.29, 1.82) is 0 Å². The highest BCUT2D eigenvalue weighted by atomic mass is 79.9. The van der Waals surface area contributed by atoms with E-state index in [4.69, 9.17) is 4.98 Å². The summed E-state index contributed by atoms with van der Waals surface area (Å²) in [5.41, 5.74) is 4.11. The molecule has 0 aliphatic carbocycles. The standard InChI is InChI=1S/C21H19BrN4O/c1-23-10-11-24-21(27)18-12-16-15-4-2-3-5-17(15)25-20(16)19(26-18)13-6-8-14(22)9-7-13/h2-9,12,23,25H,10-11H2,1H3,(H,24,27). The summed E-state index contributed by atoms with van der Waals surface area (Å²) in [7, 11) is 1.86. The number of aromatic nitrogens is 2. The summed E-state index contributed by atoms with van der Waals surface area (Å²) in [4.78, 5) is 20.8. The number of hydrogen-bond donors (Lipinski definition) is 3. The zero-order chi connectivity index (χ0) is 18.8. The Morgan fingerprint density at radius 1 is 1.07 bits per heavy atom. The van der Waals surface area contributed by atoms with Crippen molar-refractivity contribution in [3.05, 3.63) is 64.8 Å². The number of aromatic amines is 1. The quantitative estimate of drug-likeness (QED) is 0.424. The SMILES string of the molecule is CNCCNC(=O)c1cc2c([nH]c3ccccc32)c(-c2ccc(Br)cc2)n1. The van der Waals surface area contributed by atoms with Crippen LogP contribution in [0.3, 0.4) is 0 Å². The maximum absolute atomic E-state index is 12.6. The Labute approximate surface area is 165 Å². The molecule has 5 nitrogen and oxygen atoms in total. The van der Waals surface area contributed by atoms with Crippen LogP contribution < -0.4 is 10.6 Å². The first kappa shape index (κ1) is 17.7. The number of para-hydroxylation sites is 1. The van der Waals surface area contributed by atoms with Gasteiger partial charge in [0.25, 0.3) is 5.91 Å². The molecular weight excluding hydrogens is 404 g/mol. The van der Waals surface area contributed by atoms with Crippen LogP contribution in [0.5, 0.6) is 0 Å². The van der Waals surface area contributed by atoms with Crippen molar-refractivity contribution < 1.29 is 4.79 Å². The molecule has 3 N–H and O–H groups in total. The summed E-state index contributed by atoms with van der Waals surface area (Å²) in [5, 5.41) is 8.01. The highest BCUT2D eigenvalue weighted by molar-refractivity contribution is 9.10. The normalized spacial score (nSPS) is 11.2. The lowest BCUT2D eigenvalue weighted by Gasteiger charge is -2.08. The molecular formula is C21H19BrN4O. The highest BCUT2D eigenvalue weighted by Gasteiger charge is 2.16. The lowest BCUT2D eigenvalue weighted by atomic mass is 10.1. The molecule has 0 fully saturated rings. The predicted molar refractivity (Wildman–Crippen MR) is 113 cm³/mol. The first-order chi connectivity index (χ1) is 13.2. The molecule has 6 heteroatoms. The molecule has 4 aromatic rings. The van der Waals surface area contributed by atoms with Gasteiger partial charge < -0.3 is 15.6 Å². The molecule has 0 saturated carbocycles. The fraction of sp³-hybridized carbons (Fsp3) is 0.143. The molecule has 0 aliphatic heterocycles. The van der Waals surface area contributed by atoms with Gasteiger partial charge in [0.15, 0.2) is 0 Å². The van der Waals surface area contributed by atoms with Crippen molar-refractivity contribution in [2.24, 2.45) is 0 Å². The second-order valence-corrected chi connectivity index (χ2v) is 7.23. The van der Waals surface area contributed by atoms with Crippen molar-refractivity contribution in [2.75, 3.05) is 20.1 Å². The van der Waals surface area contributed by atoms with Crippen LogP contribution in [0.25, 0.3) is 33.1 Å². The lowest BCUT2D eigenvalue weighted by Crippen LogP contribution is -2.31. The third-order valence-corrected chi connectivity index (χ3v) is 5.04. The minimum Gasteiger partial charge on any atom is -0.353 e. The fourth-order valence-electron chi connectivity index (χ4n) is 3.17. The lowest BCUT2D eigenvalue weighted by molar-refractivity contribution is 0.0949. The summed E-state index contributed by atoms with van der Waals surface area (Å²) in [6, 6.07) is 17.9. The molecule has 4 rings (SSSR count). The van der Waals surface area contributed by atoms with E-state index in [1.54, 1.807) is 0 Å². The first-order valence-electron chi connectivity index (χ1n) is 8.77. The van der Waals surface area contributed by atoms with E-state index in [0.717, 1.165) is 37.5 Å². The van der Waals surface area contributed by atoms with Crippen LogP contribution in [-0.2, 0) is 0 Å². The number of carbonyl (C=O) groups excluding carboxylic acids is 1. The molecule has 136 valence electrons. The topological polar surface area (TPSA) is 69.8 Å². The van der Waals surface area contributed by atoms with Crippen molar-refractivity contribution in [2.45, 2.75) is 0 Å². The van der Waals surface area contributed by atoms with Crippen LogP contribution in [0.2, 0.25) is 0 Å². The summed E-state index contributed by atoms with van der Waals surface area (Å²) in [6.07, 6.45) is 0. The molecule has 0 saturated heterocycles. The third kappa shape index (κ3) is 3.46. The van der Waals surface area contributed by atoms with Crippen molar-refractivity contribution in [3.8, 4) is 11.3 Å². The van der Waals surface area contributed by atoms with Gasteiger partial charge in [0.1, 0.15) is 5.69 Å². The molecule has 0 atom stereocenters. The Morgan fingerprint density at radius 3 is 2.63 bits per heavy atom. The van der Waals surface area contributed by atoms with E-state index in [9.17, 15) is 4.79 Å². The number of nitrogens with one attached hydrogen (secondary N) is 3. The van der Waals surface area contributed by atoms with Gasteiger partial charge in [-0.15, -0.1) is 0 Å². The van der Waals surface area contributed by atoms with E-state index in [2.05, 4.69) is 37.6 Å². The second kappa shape index (κ2) is 7.50. The molecule has 0 aliphatic rings. The van der Waals surface area contributed by atoms with Crippen LogP contribution in [-0.4, -0.2) is 36.0 Å². The third-order valence-electron chi connectivity index (χ3n) is 4.51. The van der Waals surface area contributed by atoms with Crippen molar-refractivity contribution >= 4 is 43.6 Å². The molecule has 0 unspecified atom stereocenters. The molecule has 2 aromatic carbocycles. The average Bonchev–Trinajstić information content (AvgIpc) is 3.07. The van der Waals surface area contributed by atoms with Gasteiger partial charge in [-0.2, -0.15) is 0 Å². The predicted octanol–water partition coefficient (Wildman–Crippen LogP) is 4.09. The molecule has 27 heavy (non-hydrogen) atoms. The Bertz CT molecular complexity index is 1120. The number of rotatable bonds is 5. The van der Waals surface area contributed by atoms with Gasteiger partial charge in [-0.3, -0.25) is 4.79 Å². The first-order valence-corrected chi connectivity index (χ1v) is 9.57. The van der Waals surface area contributed by atoms with Gasteiger partial charge in [0.2, 0.25) is 0 Å². The van der Waals surface area contributed by atoms with Crippen LogP contribution in [0, 0.1) is 0 Å². The van der Waals surface area contributed by atoms with Gasteiger partial charge in [-0.25, -0.2) is 4.98 Å². The summed E-state index contributed by atoms with van der Waals surface area (Å²) in [6.45, 7) is 1.26. The summed E-state index contributed by atoms with van der Waals surface area (Å²) in [5.74, 6) is -0.171. The Kier molecular flexibility index (Phi) is 4.92. The van der Waals surface area contributed by atoms with E-state index in [0.29, 0.717) is 18.8 Å². The molecule has 2 heterocycles. The minimum absolute atomic E-state index is 0.171. The largest absolute Gasteiger partial charge is 0.353 e. The number of benzene rings is 2. The van der Waals surface area contributed by atoms with Crippen molar-refractivity contribution in [1.82, 2.24) is 20.6 Å². The van der Waals surface area contributed by atoms with Crippen LogP contribution in [0.4, 0.5) is 0 Å². The van der Waals surface area contributed by atoms with Gasteiger partial charge in [-0.1, -0.05) is 46.3 Å². The van der Waals surface area contributed by atoms with E-state index in [-0.39, 0.29) is 5.91 Å². The monoisotopic (exact) mass is 422 g/mol. The number of pyridine rings is 1. The van der Waals surface area contributed by atoms with Gasteiger partial charge >= 0.3 is 0 Å². The fourth-order valence-corrected chi connectivity index (χ4v) is 3.43. The molecule has 1 amide bonds. The van der Waals surface area contributed by atoms with E-state index in [1.807, 2.05) is 55.6 Å². The van der Waals surface area contributed by atoms with Gasteiger partial charge in [0.05, 0.1) is 11.2 Å². The summed E-state index contributed by atoms with van der Waals surface area (Å²) >= 11 is 3.47. The number of hydrogen-bond acceptors (Lipinski definition) is 3. The number of likely N-dealkylation sites (N-methyl/N-ethyl adjacent to an activating group) is 1. The molecule has 0 radical (unpaired) electrons. The Hall–Kier alpha value is -2.70. The number of amides is 1. The zero-order valence-electron chi connectivity index (χ0n) is 14.8. The smallest absolute Gasteiger partial charge is 0.269 e. The molecule has 0 bridgehead atoms. The second-order valence-electron chi connectivity index (χ2n) is 6.32. The minimum atomic E-state index is -0.171. The average molecular weight is 423 g/mol. The Morgan fingerprint density at radius 2 is 1.85 bits per heavy atom. The summed E-state index contributed by atoms with van der Waals surface area (Å²) < 4.78 is 1.00. The molecule has 0 spiro atoms. The maximum atomic E-state index is 12.6. The van der Waals surface area contributed by atoms with Crippen LogP contribution >= 0.6 is 15.9 Å². The van der Waals surface area contributed by atoms with E-state index in [1.165, 1.54) is 0 Å². The Balaban J connectivity index is 1.91. The number of nitrogens with zero attached hydrogens (tertiary/aromatic N) is 1. The van der Waals surface area contributed by atoms with Gasteiger partial charge in [0, 0.05) is 39.4 Å². The number of halogens is 1. The molecule has 2 aromatic heterocycles. The number of H-pyrrole nitrogens is 1. The van der Waals surface area contributed by atoms with Gasteiger partial charge in [-0.05, 0) is 31.3 Å². The van der Waals surface area contributed by atoms with Crippen LogP contribution in [0.15, 0.2) is 59.1 Å². The van der Waals surface area contributed by atoms with Crippen LogP contribution in [0.1, 0.15) is 10.5 Å². The van der Waals surface area contributed by atoms with E-state index < -0.39 is 0 Å². The highest BCUT2D eigenvalue weighted by Crippen LogP contribution is 2.33.